The third-order valence-electron chi connectivity index (χ3n) is 14.6. The zero-order valence-electron chi connectivity index (χ0n) is 49.5. The van der Waals surface area contributed by atoms with Crippen LogP contribution in [-0.2, 0) is 41.6 Å². The molecule has 2 aromatic rings. The van der Waals surface area contributed by atoms with E-state index in [1.165, 1.54) is 36.9 Å². The number of carbonyl (C=O) groups is 6. The first-order valence-corrected chi connectivity index (χ1v) is 28.2. The van der Waals surface area contributed by atoms with E-state index in [1.54, 1.807) is 51.8 Å². The average Bonchev–Trinajstić information content (AvgIpc) is 4.18. The minimum atomic E-state index is -0.848. The fourth-order valence-corrected chi connectivity index (χ4v) is 10.2. The Kier molecular flexibility index (Phi) is 24.0. The van der Waals surface area contributed by atoms with Crippen LogP contribution in [0.2, 0.25) is 0 Å². The van der Waals surface area contributed by atoms with Gasteiger partial charge in [-0.05, 0) is 173 Å². The first kappa shape index (κ1) is 64.3. The molecule has 434 valence electrons. The monoisotopic (exact) mass is 1090 g/mol. The van der Waals surface area contributed by atoms with Gasteiger partial charge in [0.1, 0.15) is 28.9 Å². The van der Waals surface area contributed by atoms with E-state index in [-0.39, 0.29) is 48.3 Å². The third kappa shape index (κ3) is 17.7. The van der Waals surface area contributed by atoms with E-state index in [9.17, 15) is 37.5 Å². The second-order valence-corrected chi connectivity index (χ2v) is 23.0. The van der Waals surface area contributed by atoms with Crippen molar-refractivity contribution >= 4 is 48.1 Å². The van der Waals surface area contributed by atoms with E-state index >= 15 is 0 Å². The lowest BCUT2D eigenvalue weighted by atomic mass is 9.82. The lowest BCUT2D eigenvalue weighted by molar-refractivity contribution is -0.134. The molecule has 6 amide bonds. The van der Waals surface area contributed by atoms with Gasteiger partial charge in [-0.15, -0.1) is 0 Å². The number of unbranched alkanes of at least 4 members (excludes halogenated alkanes) is 1. The molecule has 0 aliphatic carbocycles. The highest BCUT2D eigenvalue weighted by molar-refractivity contribution is 5.89. The van der Waals surface area contributed by atoms with E-state index in [0.29, 0.717) is 58.0 Å². The Morgan fingerprint density at radius 1 is 0.782 bits per heavy atom. The summed E-state index contributed by atoms with van der Waals surface area (Å²) in [5.74, 6) is -1.25. The minimum absolute atomic E-state index is 0.00963. The van der Waals surface area contributed by atoms with E-state index < -0.39 is 29.2 Å². The number of halogens is 2. The normalized spacial score (nSPS) is 18.2. The van der Waals surface area contributed by atoms with Gasteiger partial charge < -0.3 is 44.6 Å². The van der Waals surface area contributed by atoms with Crippen molar-refractivity contribution in [3.63, 3.8) is 0 Å². The van der Waals surface area contributed by atoms with Crippen molar-refractivity contribution in [3.05, 3.63) is 81.7 Å². The Hall–Kier alpha value is -6.20. The molecule has 5 aliphatic rings. The number of benzene rings is 2. The molecule has 3 fully saturated rings. The van der Waals surface area contributed by atoms with Crippen LogP contribution >= 0.6 is 0 Å². The van der Waals surface area contributed by atoms with Gasteiger partial charge in [-0.1, -0.05) is 45.7 Å². The van der Waals surface area contributed by atoms with E-state index in [0.717, 1.165) is 89.8 Å². The molecular formula is C60H92F2N8O8. The maximum Gasteiger partial charge on any atom is 0.410 e. The molecule has 0 spiro atoms. The molecule has 0 aromatic heterocycles. The molecular weight excluding hydrogens is 999 g/mol. The van der Waals surface area contributed by atoms with Gasteiger partial charge in [-0.25, -0.2) is 18.4 Å². The summed E-state index contributed by atoms with van der Waals surface area (Å²) >= 11 is 0. The molecule has 4 atom stereocenters. The van der Waals surface area contributed by atoms with Crippen LogP contribution in [0.3, 0.4) is 0 Å². The van der Waals surface area contributed by atoms with Gasteiger partial charge in [0.15, 0.2) is 0 Å². The van der Waals surface area contributed by atoms with Crippen LogP contribution < -0.4 is 15.5 Å². The summed E-state index contributed by atoms with van der Waals surface area (Å²) < 4.78 is 40.1. The van der Waals surface area contributed by atoms with Crippen molar-refractivity contribution in [3.8, 4) is 0 Å². The van der Waals surface area contributed by atoms with Gasteiger partial charge in [0.25, 0.3) is 0 Å². The number of amides is 6. The van der Waals surface area contributed by atoms with Gasteiger partial charge in [0, 0.05) is 76.7 Å². The Labute approximate surface area is 464 Å². The number of likely N-dealkylation sites (tertiary alicyclic amines) is 2. The van der Waals surface area contributed by atoms with Crippen molar-refractivity contribution in [1.29, 1.82) is 0 Å². The third-order valence-corrected chi connectivity index (χ3v) is 14.6. The van der Waals surface area contributed by atoms with Gasteiger partial charge in [0.05, 0.1) is 17.9 Å². The Morgan fingerprint density at radius 2 is 1.40 bits per heavy atom. The number of ether oxygens (including phenoxy) is 2. The van der Waals surface area contributed by atoms with Crippen LogP contribution in [0.5, 0.6) is 0 Å². The molecule has 2 aromatic carbocycles. The van der Waals surface area contributed by atoms with E-state index in [4.69, 9.17) is 9.47 Å². The topological polar surface area (TPSA) is 164 Å². The Morgan fingerprint density at radius 3 is 2.01 bits per heavy atom. The summed E-state index contributed by atoms with van der Waals surface area (Å²) in [6.07, 6.45) is 9.47. The lowest BCUT2D eigenvalue weighted by Gasteiger charge is -2.49. The fraction of sp³-hybridized carbons (Fsp3) is 0.633. The van der Waals surface area contributed by atoms with Gasteiger partial charge in [-0.2, -0.15) is 0 Å². The molecule has 5 aliphatic heterocycles. The maximum absolute atomic E-state index is 14.9. The second-order valence-electron chi connectivity index (χ2n) is 23.0. The Bertz CT molecular complexity index is 2450. The minimum Gasteiger partial charge on any atom is -0.444 e. The first-order chi connectivity index (χ1) is 36.8. The zero-order chi connectivity index (χ0) is 58.2. The number of carbonyl (C=O) groups excluding carboxylic acids is 6. The average molecular weight is 1090 g/mol. The van der Waals surface area contributed by atoms with Gasteiger partial charge >= 0.3 is 12.2 Å². The lowest BCUT2D eigenvalue weighted by Crippen LogP contribution is -2.50. The number of hydrogen-bond acceptors (Lipinski definition) is 10. The number of anilines is 1. The summed E-state index contributed by atoms with van der Waals surface area (Å²) in [6, 6.07) is 9.50. The molecule has 3 unspecified atom stereocenters. The fourth-order valence-electron chi connectivity index (χ4n) is 10.2. The summed E-state index contributed by atoms with van der Waals surface area (Å²) in [4.78, 5) is 83.8. The summed E-state index contributed by atoms with van der Waals surface area (Å²) in [5, 5.41) is 5.44. The number of rotatable bonds is 15. The zero-order valence-corrected chi connectivity index (χ0v) is 49.5. The Balaban J connectivity index is 0.000000478. The molecule has 78 heavy (non-hydrogen) atoms. The number of piperazine rings is 1. The maximum atomic E-state index is 14.9. The largest absolute Gasteiger partial charge is 0.444 e. The molecule has 16 nitrogen and oxygen atoms in total. The van der Waals surface area contributed by atoms with Crippen molar-refractivity contribution < 1.29 is 47.0 Å². The van der Waals surface area contributed by atoms with E-state index in [2.05, 4.69) is 27.4 Å². The van der Waals surface area contributed by atoms with Crippen LogP contribution in [0, 0.1) is 11.6 Å². The molecule has 0 saturated carbocycles. The molecule has 3 saturated heterocycles. The summed E-state index contributed by atoms with van der Waals surface area (Å²) in [6.45, 7) is 27.3. The highest BCUT2D eigenvalue weighted by Crippen LogP contribution is 2.48. The number of nitrogens with zero attached hydrogens (tertiary/aromatic N) is 6. The first-order valence-electron chi connectivity index (χ1n) is 28.2. The predicted molar refractivity (Wildman–Crippen MR) is 303 cm³/mol. The summed E-state index contributed by atoms with van der Waals surface area (Å²) in [5.41, 5.74) is 6.87. The molecule has 7 rings (SSSR count). The number of nitrogens with one attached hydrogen (secondary N) is 2. The van der Waals surface area contributed by atoms with Gasteiger partial charge in [0.2, 0.25) is 24.6 Å². The molecule has 5 heterocycles. The number of fused-ring (bicyclic) bond motifs is 6. The number of likely N-dealkylation sites (N-methyl/N-ethyl adjacent to an activating group) is 1. The van der Waals surface area contributed by atoms with Crippen LogP contribution in [0.25, 0.3) is 5.57 Å². The highest BCUT2D eigenvalue weighted by atomic mass is 19.1. The molecule has 2 N–H and O–H groups in total. The van der Waals surface area contributed by atoms with Gasteiger partial charge in [-0.3, -0.25) is 24.1 Å². The quantitative estimate of drug-likeness (QED) is 0.164. The smallest absolute Gasteiger partial charge is 0.410 e. The van der Waals surface area contributed by atoms with Crippen LogP contribution in [-0.4, -0.2) is 150 Å². The highest BCUT2D eigenvalue weighted by Gasteiger charge is 2.41. The second kappa shape index (κ2) is 29.1. The van der Waals surface area contributed by atoms with Crippen molar-refractivity contribution in [2.45, 2.75) is 202 Å². The van der Waals surface area contributed by atoms with Crippen molar-refractivity contribution in [2.24, 2.45) is 0 Å². The number of hydrogen-bond donors (Lipinski definition) is 2. The van der Waals surface area contributed by atoms with E-state index in [1.807, 2.05) is 77.3 Å². The van der Waals surface area contributed by atoms with Crippen LogP contribution in [0.1, 0.15) is 164 Å². The van der Waals surface area contributed by atoms with Crippen LogP contribution in [0.4, 0.5) is 24.1 Å². The molecule has 0 radical (unpaired) electrons. The SMILES string of the molecule is CC.CC(C(=O)NCC(=O)N1CCCC1CC1=C2C3=C(C[C@@H]4CCCN4C=O)c4ccc(F)cc4CN3CCN2c2cc(F)ccc2C1)N(C)C(=O)OC(C)(C)C.CC(C)N(C)C(=O)OC(C)(C)C.CCCCC(C)NC=O. The predicted octanol–water partition coefficient (Wildman–Crippen LogP) is 10.2. The molecule has 0 bridgehead atoms. The van der Waals surface area contributed by atoms with Crippen molar-refractivity contribution in [2.75, 3.05) is 51.7 Å². The van der Waals surface area contributed by atoms with Crippen molar-refractivity contribution in [1.82, 2.24) is 35.1 Å². The summed E-state index contributed by atoms with van der Waals surface area (Å²) in [7, 11) is 3.23. The molecule has 18 heteroatoms. The van der Waals surface area contributed by atoms with Crippen LogP contribution in [0.15, 0.2) is 53.4 Å². The standard InChI is InChI=1S/C42H52F2N6O5.C9H19NO2.C7H15NO.C2H6/c1-26(46(5)41(54)55-42(2,3)4)40(53)45-23-37(52)49-15-7-9-33(49)20-28-18-27-10-11-31(44)21-36(27)50-17-16-47-24-29-19-30(43)12-13-34(29)35(39(47)38(28)50)22-32-8-6-14-48(32)25-51;1-7(2)10(6)8(11)12-9(3,4)5;1-3-4-5-7(2)8-6-9;1-2/h10-13,19,21,25-26,32-33H,6-9,14-18,20,22-24H2,1-5H3,(H,45,53);7H,1-6H3;6-7H,3-5H2,1-2H3,(H,8,9);1-2H3/t26?,32-,33?;;;/m0.../s1.